The Balaban J connectivity index is 4.42. The van der Waals surface area contributed by atoms with Gasteiger partial charge in [0.15, 0.2) is 6.10 Å². The molecular weight excluding hydrogens is 997 g/mol. The van der Waals surface area contributed by atoms with Crippen LogP contribution in [-0.4, -0.2) is 37.2 Å². The second kappa shape index (κ2) is 67.8. The molecule has 0 rings (SSSR count). The van der Waals surface area contributed by atoms with Crippen LogP contribution in [0.5, 0.6) is 0 Å². The van der Waals surface area contributed by atoms with Crippen molar-refractivity contribution in [2.45, 2.75) is 297 Å². The second-order valence-electron chi connectivity index (χ2n) is 21.6. The van der Waals surface area contributed by atoms with Crippen LogP contribution in [0.1, 0.15) is 290 Å². The predicted molar refractivity (Wildman–Crippen MR) is 352 cm³/mol. The molecule has 1 atom stereocenters. The van der Waals surface area contributed by atoms with Gasteiger partial charge in [0.05, 0.1) is 6.42 Å². The van der Waals surface area contributed by atoms with E-state index in [1.54, 1.807) is 6.08 Å². The van der Waals surface area contributed by atoms with Gasteiger partial charge in [0, 0.05) is 12.8 Å². The third-order valence-corrected chi connectivity index (χ3v) is 13.9. The van der Waals surface area contributed by atoms with E-state index in [9.17, 15) is 14.4 Å². The minimum Gasteiger partial charge on any atom is -0.462 e. The maximum absolute atomic E-state index is 12.9. The molecule has 0 heterocycles. The van der Waals surface area contributed by atoms with Gasteiger partial charge in [-0.2, -0.15) is 0 Å². The molecule has 0 saturated heterocycles. The first-order chi connectivity index (χ1) is 40.0. The standard InChI is InChI=1S/C75H122O6/c1-4-7-10-13-16-19-22-25-28-30-32-33-34-35-36-37-38-39-40-41-43-44-47-50-53-56-59-62-65-68-74(77)80-71-72(70-79-73(76)67-64-61-58-55-52-49-46-27-24-21-18-15-12-9-6-3)81-75(78)69-66-63-60-57-54-51-48-45-42-31-29-26-23-20-17-14-11-8-5-2/h7,9-10,12,16,18-19,21,25,27-28,32-33,35-36,38-39,41,43,46,52,55,61,64,72H,4-6,8,11,13-15,17,20,22-24,26,29-31,34,37,40,42,44-45,47-51,53-54,56-60,62-63,65-71H2,1-3H3/b10-7-,12-9-,19-16-,21-18-,28-25-,33-32-,36-35-,39-38-,43-41-,46-27-,55-52-,64-61-. The normalized spacial score (nSPS) is 13.1. The van der Waals surface area contributed by atoms with E-state index in [1.165, 1.54) is 128 Å². The highest BCUT2D eigenvalue weighted by Gasteiger charge is 2.19. The van der Waals surface area contributed by atoms with E-state index >= 15 is 0 Å². The number of carbonyl (C=O) groups is 3. The van der Waals surface area contributed by atoms with Crippen molar-refractivity contribution in [3.8, 4) is 0 Å². The molecule has 458 valence electrons. The lowest BCUT2D eigenvalue weighted by atomic mass is 10.0. The molecule has 81 heavy (non-hydrogen) atoms. The van der Waals surface area contributed by atoms with Crippen molar-refractivity contribution < 1.29 is 28.6 Å². The van der Waals surface area contributed by atoms with Crippen LogP contribution in [0.3, 0.4) is 0 Å². The molecule has 0 spiro atoms. The van der Waals surface area contributed by atoms with Gasteiger partial charge in [-0.1, -0.05) is 314 Å². The van der Waals surface area contributed by atoms with E-state index < -0.39 is 12.1 Å². The first-order valence-corrected chi connectivity index (χ1v) is 33.3. The third kappa shape index (κ3) is 66.0. The largest absolute Gasteiger partial charge is 0.462 e. The zero-order valence-electron chi connectivity index (χ0n) is 52.5. The van der Waals surface area contributed by atoms with Crippen molar-refractivity contribution in [2.75, 3.05) is 13.2 Å². The summed E-state index contributed by atoms with van der Waals surface area (Å²) in [6.07, 6.45) is 97.4. The van der Waals surface area contributed by atoms with Crippen LogP contribution in [-0.2, 0) is 28.6 Å². The van der Waals surface area contributed by atoms with Crippen molar-refractivity contribution >= 4 is 17.9 Å². The van der Waals surface area contributed by atoms with Crippen LogP contribution in [0, 0.1) is 0 Å². The Bertz CT molecular complexity index is 1760. The van der Waals surface area contributed by atoms with E-state index in [-0.39, 0.29) is 31.6 Å². The summed E-state index contributed by atoms with van der Waals surface area (Å²) in [4.78, 5) is 38.3. The smallest absolute Gasteiger partial charge is 0.309 e. The van der Waals surface area contributed by atoms with E-state index in [1.807, 2.05) is 6.08 Å². The highest BCUT2D eigenvalue weighted by atomic mass is 16.6. The molecule has 0 aliphatic heterocycles. The zero-order valence-corrected chi connectivity index (χ0v) is 52.5. The molecule has 0 aliphatic rings. The van der Waals surface area contributed by atoms with Crippen molar-refractivity contribution in [1.29, 1.82) is 0 Å². The van der Waals surface area contributed by atoms with Gasteiger partial charge >= 0.3 is 17.9 Å². The Labute approximate surface area is 499 Å². The van der Waals surface area contributed by atoms with E-state index in [2.05, 4.69) is 154 Å². The van der Waals surface area contributed by atoms with Crippen LogP contribution < -0.4 is 0 Å². The molecule has 0 radical (unpaired) electrons. The topological polar surface area (TPSA) is 78.9 Å². The highest BCUT2D eigenvalue weighted by molar-refractivity contribution is 5.72. The van der Waals surface area contributed by atoms with Gasteiger partial charge in [0.25, 0.3) is 0 Å². The maximum atomic E-state index is 12.9. The molecule has 0 aliphatic carbocycles. The van der Waals surface area contributed by atoms with E-state index in [4.69, 9.17) is 14.2 Å². The fourth-order valence-electron chi connectivity index (χ4n) is 8.97. The summed E-state index contributed by atoms with van der Waals surface area (Å²) in [6, 6.07) is 0. The lowest BCUT2D eigenvalue weighted by Crippen LogP contribution is -2.30. The Morgan fingerprint density at radius 2 is 0.531 bits per heavy atom. The number of esters is 3. The fraction of sp³-hybridized carbons (Fsp3) is 0.640. The molecule has 6 nitrogen and oxygen atoms in total. The summed E-state index contributed by atoms with van der Waals surface area (Å²) in [6.45, 7) is 6.33. The molecule has 0 N–H and O–H groups in total. The van der Waals surface area contributed by atoms with Crippen LogP contribution in [0.15, 0.2) is 146 Å². The minimum absolute atomic E-state index is 0.117. The Morgan fingerprint density at radius 3 is 0.864 bits per heavy atom. The average Bonchev–Trinajstić information content (AvgIpc) is 3.47. The number of allylic oxidation sites excluding steroid dienone is 23. The van der Waals surface area contributed by atoms with Gasteiger partial charge in [-0.05, 0) is 103 Å². The van der Waals surface area contributed by atoms with Gasteiger partial charge in [-0.25, -0.2) is 0 Å². The molecule has 0 aromatic heterocycles. The quantitative estimate of drug-likeness (QED) is 0.0261. The second-order valence-corrected chi connectivity index (χ2v) is 21.6. The SMILES string of the molecule is CC/C=C\C/C=C\C/C=C\C/C=C\C/C=C\C/C=C\C/C=C\CCCCCCCCCC(=O)OCC(COC(=O)C/C=C\C/C=C\C/C=C\C/C=C\C/C=C\CC)OC(=O)CCCCCCCCCCCCCCCCCCCCC. The molecule has 0 fully saturated rings. The maximum Gasteiger partial charge on any atom is 0.309 e. The number of rotatable bonds is 59. The molecular formula is C75H122O6. The molecule has 0 amide bonds. The van der Waals surface area contributed by atoms with Crippen LogP contribution in [0.2, 0.25) is 0 Å². The lowest BCUT2D eigenvalue weighted by molar-refractivity contribution is -0.166. The van der Waals surface area contributed by atoms with Gasteiger partial charge in [-0.15, -0.1) is 0 Å². The molecule has 1 unspecified atom stereocenters. The monoisotopic (exact) mass is 1120 g/mol. The molecule has 0 saturated carbocycles. The van der Waals surface area contributed by atoms with Gasteiger partial charge in [0.1, 0.15) is 13.2 Å². The van der Waals surface area contributed by atoms with Crippen molar-refractivity contribution in [3.05, 3.63) is 146 Å². The molecule has 0 aromatic carbocycles. The molecule has 6 heteroatoms. The number of ether oxygens (including phenoxy) is 3. The summed E-state index contributed by atoms with van der Waals surface area (Å²) >= 11 is 0. The fourth-order valence-corrected chi connectivity index (χ4v) is 8.97. The first kappa shape index (κ1) is 76.3. The molecule has 0 aromatic rings. The number of hydrogen-bond donors (Lipinski definition) is 0. The minimum atomic E-state index is -0.828. The summed E-state index contributed by atoms with van der Waals surface area (Å²) in [7, 11) is 0. The Hall–Kier alpha value is -4.71. The zero-order chi connectivity index (χ0) is 58.5. The summed E-state index contributed by atoms with van der Waals surface area (Å²) in [5.74, 6) is -1.06. The van der Waals surface area contributed by atoms with Crippen LogP contribution >= 0.6 is 0 Å². The van der Waals surface area contributed by atoms with Gasteiger partial charge in [-0.3, -0.25) is 14.4 Å². The van der Waals surface area contributed by atoms with Crippen LogP contribution in [0.4, 0.5) is 0 Å². The number of carbonyl (C=O) groups excluding carboxylic acids is 3. The van der Waals surface area contributed by atoms with E-state index in [0.717, 1.165) is 122 Å². The summed E-state index contributed by atoms with van der Waals surface area (Å²) in [5.41, 5.74) is 0. The number of unbranched alkanes of at least 4 members (excludes halogenated alkanes) is 25. The first-order valence-electron chi connectivity index (χ1n) is 33.3. The van der Waals surface area contributed by atoms with E-state index in [0.29, 0.717) is 12.8 Å². The summed E-state index contributed by atoms with van der Waals surface area (Å²) < 4.78 is 16.8. The van der Waals surface area contributed by atoms with Crippen molar-refractivity contribution in [1.82, 2.24) is 0 Å². The molecule has 0 bridgehead atoms. The Kier molecular flexibility index (Phi) is 63.9. The predicted octanol–water partition coefficient (Wildman–Crippen LogP) is 23.1. The highest BCUT2D eigenvalue weighted by Crippen LogP contribution is 2.16. The van der Waals surface area contributed by atoms with Crippen molar-refractivity contribution in [3.63, 3.8) is 0 Å². The van der Waals surface area contributed by atoms with Crippen molar-refractivity contribution in [2.24, 2.45) is 0 Å². The van der Waals surface area contributed by atoms with Gasteiger partial charge < -0.3 is 14.2 Å². The van der Waals surface area contributed by atoms with Gasteiger partial charge in [0.2, 0.25) is 0 Å². The average molecular weight is 1120 g/mol. The lowest BCUT2D eigenvalue weighted by Gasteiger charge is -2.18. The third-order valence-electron chi connectivity index (χ3n) is 13.9. The van der Waals surface area contributed by atoms with Crippen LogP contribution in [0.25, 0.3) is 0 Å². The number of hydrogen-bond acceptors (Lipinski definition) is 6. The Morgan fingerprint density at radius 1 is 0.272 bits per heavy atom. The summed E-state index contributed by atoms with van der Waals surface area (Å²) in [5, 5.41) is 0.